The van der Waals surface area contributed by atoms with E-state index in [2.05, 4.69) is 21.5 Å². The normalized spacial score (nSPS) is 17.3. The molecule has 0 N–H and O–H groups in total. The summed E-state index contributed by atoms with van der Waals surface area (Å²) in [7, 11) is 0. The molecule has 6 heteroatoms. The van der Waals surface area contributed by atoms with E-state index in [0.717, 1.165) is 31.8 Å². The van der Waals surface area contributed by atoms with Gasteiger partial charge < -0.3 is 9.64 Å². The van der Waals surface area contributed by atoms with E-state index < -0.39 is 0 Å². The van der Waals surface area contributed by atoms with Gasteiger partial charge in [-0.3, -0.25) is 4.79 Å². The third kappa shape index (κ3) is 3.75. The van der Waals surface area contributed by atoms with Crippen molar-refractivity contribution < 1.29 is 9.53 Å². The molecule has 0 bridgehead atoms. The van der Waals surface area contributed by atoms with Crippen LogP contribution in [0.5, 0.6) is 11.6 Å². The number of thioether (sulfide) groups is 1. The SMILES string of the molecule is CS/C=C/C1CN(C(=O)c2cnc(C3CC3)nc2Oc2ccccc2)C1. The van der Waals surface area contributed by atoms with Crippen LogP contribution in [0, 0.1) is 5.92 Å². The lowest BCUT2D eigenvalue weighted by molar-refractivity contribution is 0.0565. The van der Waals surface area contributed by atoms with Crippen LogP contribution in [0.2, 0.25) is 0 Å². The molecule has 0 unspecified atom stereocenters. The van der Waals surface area contributed by atoms with Gasteiger partial charge in [0.2, 0.25) is 5.88 Å². The van der Waals surface area contributed by atoms with Crippen LogP contribution in [0.1, 0.15) is 34.9 Å². The molecule has 0 spiro atoms. The topological polar surface area (TPSA) is 55.3 Å². The van der Waals surface area contributed by atoms with Crippen molar-refractivity contribution in [3.05, 3.63) is 59.4 Å². The van der Waals surface area contributed by atoms with E-state index in [1.807, 2.05) is 41.5 Å². The molecule has 2 heterocycles. The summed E-state index contributed by atoms with van der Waals surface area (Å²) < 4.78 is 5.94. The number of nitrogens with zero attached hydrogens (tertiary/aromatic N) is 3. The first-order chi connectivity index (χ1) is 12.7. The van der Waals surface area contributed by atoms with Crippen molar-refractivity contribution in [3.8, 4) is 11.6 Å². The van der Waals surface area contributed by atoms with Crippen LogP contribution in [0.15, 0.2) is 48.0 Å². The number of carbonyl (C=O) groups excluding carboxylic acids is 1. The highest BCUT2D eigenvalue weighted by molar-refractivity contribution is 8.01. The van der Waals surface area contributed by atoms with Crippen molar-refractivity contribution in [1.29, 1.82) is 0 Å². The predicted octanol–water partition coefficient (Wildman–Crippen LogP) is 4.10. The fraction of sp³-hybridized carbons (Fsp3) is 0.350. The summed E-state index contributed by atoms with van der Waals surface area (Å²) in [6.45, 7) is 1.45. The molecule has 1 aliphatic carbocycles. The zero-order chi connectivity index (χ0) is 17.9. The van der Waals surface area contributed by atoms with Gasteiger partial charge in [-0.05, 0) is 36.6 Å². The van der Waals surface area contributed by atoms with Crippen molar-refractivity contribution in [2.45, 2.75) is 18.8 Å². The summed E-state index contributed by atoms with van der Waals surface area (Å²) in [6.07, 6.45) is 8.03. The van der Waals surface area contributed by atoms with Crippen LogP contribution in [0.3, 0.4) is 0 Å². The van der Waals surface area contributed by atoms with Crippen molar-refractivity contribution in [3.63, 3.8) is 0 Å². The maximum Gasteiger partial charge on any atom is 0.260 e. The van der Waals surface area contributed by atoms with Crippen LogP contribution >= 0.6 is 11.8 Å². The first-order valence-corrected chi connectivity index (χ1v) is 10.1. The minimum atomic E-state index is -0.0629. The second-order valence-corrected chi connectivity index (χ2v) is 7.41. The summed E-state index contributed by atoms with van der Waals surface area (Å²) >= 11 is 1.68. The molecule has 2 aromatic rings. The third-order valence-corrected chi connectivity index (χ3v) is 5.02. The molecule has 1 aromatic heterocycles. The maximum atomic E-state index is 12.9. The van der Waals surface area contributed by atoms with Gasteiger partial charge in [0.25, 0.3) is 5.91 Å². The van der Waals surface area contributed by atoms with Crippen LogP contribution in [-0.4, -0.2) is 40.1 Å². The van der Waals surface area contributed by atoms with Crippen LogP contribution < -0.4 is 4.74 Å². The van der Waals surface area contributed by atoms with Crippen molar-refractivity contribution in [2.75, 3.05) is 19.3 Å². The molecule has 0 radical (unpaired) electrons. The maximum absolute atomic E-state index is 12.9. The Labute approximate surface area is 157 Å². The fourth-order valence-corrected chi connectivity index (χ4v) is 3.28. The monoisotopic (exact) mass is 367 g/mol. The molecular weight excluding hydrogens is 346 g/mol. The highest BCUT2D eigenvalue weighted by Gasteiger charge is 2.33. The number of hydrogen-bond donors (Lipinski definition) is 0. The molecule has 26 heavy (non-hydrogen) atoms. The number of amides is 1. The molecule has 1 aromatic carbocycles. The smallest absolute Gasteiger partial charge is 0.260 e. The number of likely N-dealkylation sites (tertiary alicyclic amines) is 1. The highest BCUT2D eigenvalue weighted by Crippen LogP contribution is 2.39. The molecule has 0 atom stereocenters. The number of para-hydroxylation sites is 1. The predicted molar refractivity (Wildman–Crippen MR) is 103 cm³/mol. The Bertz CT molecular complexity index is 815. The number of aromatic nitrogens is 2. The van der Waals surface area contributed by atoms with Crippen molar-refractivity contribution in [2.24, 2.45) is 5.92 Å². The number of benzene rings is 1. The van der Waals surface area contributed by atoms with E-state index in [1.165, 1.54) is 0 Å². The van der Waals surface area contributed by atoms with Gasteiger partial charge in [-0.2, -0.15) is 4.98 Å². The van der Waals surface area contributed by atoms with E-state index in [-0.39, 0.29) is 5.91 Å². The average Bonchev–Trinajstić information content (AvgIpc) is 3.46. The first kappa shape index (κ1) is 17.1. The van der Waals surface area contributed by atoms with Crippen LogP contribution in [-0.2, 0) is 0 Å². The van der Waals surface area contributed by atoms with Crippen molar-refractivity contribution >= 4 is 17.7 Å². The number of hydrogen-bond acceptors (Lipinski definition) is 5. The number of ether oxygens (including phenoxy) is 1. The lowest BCUT2D eigenvalue weighted by atomic mass is 9.99. The largest absolute Gasteiger partial charge is 0.438 e. The summed E-state index contributed by atoms with van der Waals surface area (Å²) in [5.74, 6) is 2.58. The standard InChI is InChI=1S/C20H21N3O2S/c1-26-10-9-14-12-23(13-14)20(24)17-11-21-18(15-7-8-15)22-19(17)25-16-5-3-2-4-6-16/h2-6,9-11,14-15H,7-8,12-13H2,1H3/b10-9+. The Kier molecular flexibility index (Phi) is 4.93. The van der Waals surface area contributed by atoms with E-state index in [0.29, 0.717) is 29.0 Å². The van der Waals surface area contributed by atoms with Gasteiger partial charge in [-0.25, -0.2) is 4.98 Å². The zero-order valence-corrected chi connectivity index (χ0v) is 15.5. The summed E-state index contributed by atoms with van der Waals surface area (Å²) in [6, 6.07) is 9.45. The second-order valence-electron chi connectivity index (χ2n) is 6.67. The van der Waals surface area contributed by atoms with E-state index in [4.69, 9.17) is 4.74 Å². The number of rotatable bonds is 6. The Morgan fingerprint density at radius 1 is 1.27 bits per heavy atom. The van der Waals surface area contributed by atoms with Gasteiger partial charge >= 0.3 is 0 Å². The van der Waals surface area contributed by atoms with Crippen molar-refractivity contribution in [1.82, 2.24) is 14.9 Å². The summed E-state index contributed by atoms with van der Waals surface area (Å²) in [5, 5.41) is 2.07. The molecule has 1 saturated heterocycles. The molecule has 1 aliphatic heterocycles. The Morgan fingerprint density at radius 3 is 2.73 bits per heavy atom. The lowest BCUT2D eigenvalue weighted by Gasteiger charge is -2.37. The fourth-order valence-electron chi connectivity index (χ4n) is 2.90. The van der Waals surface area contributed by atoms with Crippen LogP contribution in [0.25, 0.3) is 0 Å². The Hall–Kier alpha value is -2.34. The van der Waals surface area contributed by atoms with Gasteiger partial charge in [0.1, 0.15) is 17.1 Å². The minimum absolute atomic E-state index is 0.0629. The first-order valence-electron chi connectivity index (χ1n) is 8.83. The molecule has 134 valence electrons. The van der Waals surface area contributed by atoms with Gasteiger partial charge in [0.15, 0.2) is 0 Å². The molecular formula is C20H21N3O2S. The van der Waals surface area contributed by atoms with E-state index >= 15 is 0 Å². The second kappa shape index (κ2) is 7.50. The molecule has 2 fully saturated rings. The van der Waals surface area contributed by atoms with Gasteiger partial charge in [-0.1, -0.05) is 24.3 Å². The molecule has 2 aliphatic rings. The molecule has 1 saturated carbocycles. The lowest BCUT2D eigenvalue weighted by Crippen LogP contribution is -2.49. The van der Waals surface area contributed by atoms with Crippen LogP contribution in [0.4, 0.5) is 0 Å². The zero-order valence-electron chi connectivity index (χ0n) is 14.7. The number of carbonyl (C=O) groups is 1. The highest BCUT2D eigenvalue weighted by atomic mass is 32.2. The van der Waals surface area contributed by atoms with E-state index in [9.17, 15) is 4.79 Å². The Balaban J connectivity index is 1.55. The quantitative estimate of drug-likeness (QED) is 0.769. The molecule has 4 rings (SSSR count). The Morgan fingerprint density at radius 2 is 2.04 bits per heavy atom. The third-order valence-electron chi connectivity index (χ3n) is 4.59. The van der Waals surface area contributed by atoms with Gasteiger partial charge in [-0.15, -0.1) is 11.8 Å². The minimum Gasteiger partial charge on any atom is -0.438 e. The molecule has 1 amide bonds. The van der Waals surface area contributed by atoms with E-state index in [1.54, 1.807) is 18.0 Å². The average molecular weight is 367 g/mol. The van der Waals surface area contributed by atoms with Gasteiger partial charge in [0.05, 0.1) is 0 Å². The summed E-state index contributed by atoms with van der Waals surface area (Å²) in [4.78, 5) is 23.7. The summed E-state index contributed by atoms with van der Waals surface area (Å²) in [5.41, 5.74) is 0.436. The molecule has 5 nitrogen and oxygen atoms in total. The van der Waals surface area contributed by atoms with Gasteiger partial charge in [0, 0.05) is 31.1 Å².